The molecule has 0 aliphatic carbocycles. The Morgan fingerprint density at radius 2 is 2.03 bits per heavy atom. The van der Waals surface area contributed by atoms with Crippen LogP contribution in [0.15, 0.2) is 58.4 Å². The highest BCUT2D eigenvalue weighted by Gasteiger charge is 2.24. The summed E-state index contributed by atoms with van der Waals surface area (Å²) in [6, 6.07) is 11.6. The molecular weight excluding hydrogens is 488 g/mol. The number of hydrogen-bond donors (Lipinski definition) is 0. The van der Waals surface area contributed by atoms with Gasteiger partial charge in [-0.05, 0) is 62.6 Å². The zero-order valence-electron chi connectivity index (χ0n) is 21.5. The van der Waals surface area contributed by atoms with E-state index < -0.39 is 11.9 Å². The van der Waals surface area contributed by atoms with Crippen molar-refractivity contribution in [2.24, 2.45) is 4.99 Å². The number of esters is 1. The van der Waals surface area contributed by atoms with Gasteiger partial charge in [0.1, 0.15) is 22.6 Å². The fourth-order valence-corrected chi connectivity index (χ4v) is 4.65. The molecule has 3 aromatic heterocycles. The SMILES string of the molecule is CCOC(=O)c1cc2c(=O)n3cccc(C)c3nc2n(CC2CCCO2)c1=NC(=O)c1cccc(OC)c1. The zero-order valence-corrected chi connectivity index (χ0v) is 21.5. The van der Waals surface area contributed by atoms with Crippen LogP contribution in [0.5, 0.6) is 5.75 Å². The monoisotopic (exact) mass is 516 g/mol. The molecule has 1 fully saturated rings. The minimum absolute atomic E-state index is 0.0000890. The number of aromatic nitrogens is 3. The molecule has 1 aliphatic heterocycles. The Labute approximate surface area is 218 Å². The van der Waals surface area contributed by atoms with E-state index in [0.717, 1.165) is 18.4 Å². The maximum atomic E-state index is 13.6. The molecular formula is C28H28N4O6. The topological polar surface area (TPSA) is 113 Å². The van der Waals surface area contributed by atoms with Crippen molar-refractivity contribution in [2.45, 2.75) is 39.3 Å². The van der Waals surface area contributed by atoms with Crippen molar-refractivity contribution >= 4 is 28.6 Å². The van der Waals surface area contributed by atoms with E-state index >= 15 is 0 Å². The Bertz CT molecular complexity index is 1680. The molecule has 4 aromatic rings. The quantitative estimate of drug-likeness (QED) is 0.286. The molecule has 0 bridgehead atoms. The fourth-order valence-electron chi connectivity index (χ4n) is 4.65. The molecule has 1 unspecified atom stereocenters. The molecule has 5 rings (SSSR count). The number of nitrogens with zero attached hydrogens (tertiary/aromatic N) is 4. The standard InChI is InChI=1S/C28H28N4O6/c1-4-37-28(35)22-15-21-24(29-23-17(2)8-6-12-31(23)27(21)34)32(16-20-11-7-13-38-20)25(22)30-26(33)18-9-5-10-19(14-18)36-3/h5-6,8-10,12,14-15,20H,4,7,11,13,16H2,1-3H3. The number of carbonyl (C=O) groups excluding carboxylic acids is 2. The summed E-state index contributed by atoms with van der Waals surface area (Å²) in [5, 5.41) is 0.210. The molecule has 38 heavy (non-hydrogen) atoms. The van der Waals surface area contributed by atoms with Crippen molar-refractivity contribution in [2.75, 3.05) is 20.3 Å². The molecule has 4 heterocycles. The summed E-state index contributed by atoms with van der Waals surface area (Å²) in [7, 11) is 1.51. The lowest BCUT2D eigenvalue weighted by atomic mass is 10.1. The first-order valence-corrected chi connectivity index (χ1v) is 12.5. The van der Waals surface area contributed by atoms with Gasteiger partial charge in [0.05, 0.1) is 31.8 Å². The molecule has 0 N–H and O–H groups in total. The summed E-state index contributed by atoms with van der Waals surface area (Å²) in [6.45, 7) is 4.52. The first-order valence-electron chi connectivity index (χ1n) is 12.5. The van der Waals surface area contributed by atoms with Crippen LogP contribution in [0.1, 0.15) is 46.0 Å². The highest BCUT2D eigenvalue weighted by molar-refractivity contribution is 5.97. The minimum Gasteiger partial charge on any atom is -0.497 e. The molecule has 1 aliphatic rings. The van der Waals surface area contributed by atoms with Gasteiger partial charge in [0.25, 0.3) is 11.5 Å². The molecule has 1 aromatic carbocycles. The summed E-state index contributed by atoms with van der Waals surface area (Å²) < 4.78 is 19.5. The molecule has 10 nitrogen and oxygen atoms in total. The van der Waals surface area contributed by atoms with E-state index in [9.17, 15) is 14.4 Å². The lowest BCUT2D eigenvalue weighted by molar-refractivity contribution is 0.0521. The molecule has 1 saturated heterocycles. The number of fused-ring (bicyclic) bond motifs is 2. The van der Waals surface area contributed by atoms with E-state index in [-0.39, 0.29) is 46.8 Å². The van der Waals surface area contributed by atoms with E-state index in [1.807, 2.05) is 13.0 Å². The van der Waals surface area contributed by atoms with Gasteiger partial charge in [-0.1, -0.05) is 12.1 Å². The van der Waals surface area contributed by atoms with Crippen LogP contribution in [0.3, 0.4) is 0 Å². The van der Waals surface area contributed by atoms with Gasteiger partial charge in [-0.15, -0.1) is 0 Å². The van der Waals surface area contributed by atoms with Gasteiger partial charge >= 0.3 is 5.97 Å². The number of pyridine rings is 2. The third kappa shape index (κ3) is 4.70. The first kappa shape index (κ1) is 25.3. The predicted octanol–water partition coefficient (Wildman–Crippen LogP) is 3.06. The molecule has 0 saturated carbocycles. The van der Waals surface area contributed by atoms with Crippen LogP contribution in [-0.4, -0.2) is 52.3 Å². The Morgan fingerprint density at radius 3 is 2.76 bits per heavy atom. The maximum absolute atomic E-state index is 13.6. The minimum atomic E-state index is -0.693. The molecule has 0 spiro atoms. The van der Waals surface area contributed by atoms with Gasteiger partial charge in [0.2, 0.25) is 0 Å². The van der Waals surface area contributed by atoms with Gasteiger partial charge in [-0.2, -0.15) is 4.99 Å². The Hall–Kier alpha value is -4.31. The van der Waals surface area contributed by atoms with Crippen molar-refractivity contribution in [1.82, 2.24) is 14.0 Å². The molecule has 1 atom stereocenters. The lowest BCUT2D eigenvalue weighted by Crippen LogP contribution is -2.35. The number of aryl methyl sites for hydroxylation is 1. The predicted molar refractivity (Wildman–Crippen MR) is 140 cm³/mol. The van der Waals surface area contributed by atoms with E-state index in [1.54, 1.807) is 48.0 Å². The molecule has 10 heteroatoms. The Kier molecular flexibility index (Phi) is 7.06. The van der Waals surface area contributed by atoms with Crippen LogP contribution in [0.25, 0.3) is 16.7 Å². The number of rotatable bonds is 6. The third-order valence-corrected chi connectivity index (χ3v) is 6.53. The van der Waals surface area contributed by atoms with E-state index in [1.165, 1.54) is 17.6 Å². The summed E-state index contributed by atoms with van der Waals surface area (Å²) in [5.41, 5.74) is 1.58. The first-order chi connectivity index (χ1) is 18.4. The van der Waals surface area contributed by atoms with Crippen molar-refractivity contribution in [3.05, 3.63) is 81.2 Å². The third-order valence-electron chi connectivity index (χ3n) is 6.53. The Morgan fingerprint density at radius 1 is 1.18 bits per heavy atom. The van der Waals surface area contributed by atoms with Crippen molar-refractivity contribution in [3.63, 3.8) is 0 Å². The molecule has 196 valence electrons. The van der Waals surface area contributed by atoms with E-state index in [2.05, 4.69) is 4.99 Å². The zero-order chi connectivity index (χ0) is 26.8. The van der Waals surface area contributed by atoms with E-state index in [4.69, 9.17) is 19.2 Å². The number of carbonyl (C=O) groups is 2. The van der Waals surface area contributed by atoms with Crippen molar-refractivity contribution in [1.29, 1.82) is 0 Å². The summed E-state index contributed by atoms with van der Waals surface area (Å²) in [5.74, 6) is -0.774. The lowest BCUT2D eigenvalue weighted by Gasteiger charge is -2.18. The second kappa shape index (κ2) is 10.6. The number of ether oxygens (including phenoxy) is 3. The molecule has 0 radical (unpaired) electrons. The van der Waals surface area contributed by atoms with Crippen LogP contribution >= 0.6 is 0 Å². The van der Waals surface area contributed by atoms with Crippen LogP contribution in [0.2, 0.25) is 0 Å². The summed E-state index contributed by atoms with van der Waals surface area (Å²) >= 11 is 0. The van der Waals surface area contributed by atoms with Crippen LogP contribution in [0, 0.1) is 6.92 Å². The highest BCUT2D eigenvalue weighted by Crippen LogP contribution is 2.19. The normalized spacial score (nSPS) is 15.8. The van der Waals surface area contributed by atoms with Crippen LogP contribution in [0.4, 0.5) is 0 Å². The van der Waals surface area contributed by atoms with Crippen molar-refractivity contribution < 1.29 is 23.8 Å². The Balaban J connectivity index is 1.86. The fraction of sp³-hybridized carbons (Fsp3) is 0.321. The number of hydrogen-bond acceptors (Lipinski definition) is 7. The van der Waals surface area contributed by atoms with Crippen molar-refractivity contribution in [3.8, 4) is 5.75 Å². The number of methoxy groups -OCH3 is 1. The maximum Gasteiger partial charge on any atom is 0.341 e. The average Bonchev–Trinajstić information content (AvgIpc) is 3.44. The van der Waals surface area contributed by atoms with Crippen LogP contribution < -0.4 is 15.8 Å². The van der Waals surface area contributed by atoms with Gasteiger partial charge in [0.15, 0.2) is 5.49 Å². The highest BCUT2D eigenvalue weighted by atomic mass is 16.5. The number of benzene rings is 1. The molecule has 1 amide bonds. The summed E-state index contributed by atoms with van der Waals surface area (Å²) in [6.07, 6.45) is 3.11. The van der Waals surface area contributed by atoms with Gasteiger partial charge < -0.3 is 18.8 Å². The summed E-state index contributed by atoms with van der Waals surface area (Å²) in [4.78, 5) is 49.3. The largest absolute Gasteiger partial charge is 0.497 e. The van der Waals surface area contributed by atoms with Gasteiger partial charge in [0, 0.05) is 18.4 Å². The van der Waals surface area contributed by atoms with Gasteiger partial charge in [-0.3, -0.25) is 14.0 Å². The average molecular weight is 517 g/mol. The van der Waals surface area contributed by atoms with Gasteiger partial charge in [-0.25, -0.2) is 9.78 Å². The van der Waals surface area contributed by atoms with E-state index in [0.29, 0.717) is 23.7 Å². The van der Waals surface area contributed by atoms with Crippen LogP contribution in [-0.2, 0) is 16.0 Å². The number of amides is 1. The second-order valence-corrected chi connectivity index (χ2v) is 9.04. The smallest absolute Gasteiger partial charge is 0.341 e. The second-order valence-electron chi connectivity index (χ2n) is 9.04.